The molecule has 204 valence electrons. The Kier molecular flexibility index (Phi) is 8.02. The van der Waals surface area contributed by atoms with Gasteiger partial charge in [0.1, 0.15) is 5.00 Å². The number of hydrogen-bond donors (Lipinski definition) is 2. The Morgan fingerprint density at radius 2 is 1.67 bits per heavy atom. The van der Waals surface area contributed by atoms with Crippen LogP contribution >= 0.6 is 11.3 Å². The zero-order valence-electron chi connectivity index (χ0n) is 21.4. The van der Waals surface area contributed by atoms with E-state index in [1.807, 2.05) is 0 Å². The second kappa shape index (κ2) is 11.3. The molecule has 4 rings (SSSR count). The van der Waals surface area contributed by atoms with E-state index < -0.39 is 27.9 Å². The molecule has 2 aromatic carbocycles. The van der Waals surface area contributed by atoms with Gasteiger partial charge < -0.3 is 15.0 Å². The third kappa shape index (κ3) is 5.78. The molecule has 0 saturated heterocycles. The van der Waals surface area contributed by atoms with Gasteiger partial charge in [-0.25, -0.2) is 13.2 Å². The van der Waals surface area contributed by atoms with Gasteiger partial charge in [-0.1, -0.05) is 18.2 Å². The number of alkyl carbamates (subject to hydrolysis) is 1. The molecule has 0 atom stereocenters. The highest BCUT2D eigenvalue weighted by Crippen LogP contribution is 2.37. The van der Waals surface area contributed by atoms with Crippen LogP contribution in [0.2, 0.25) is 0 Å². The fraction of sp³-hybridized carbons (Fsp3) is 0.231. The third-order valence-corrected chi connectivity index (χ3v) is 9.18. The van der Waals surface area contributed by atoms with E-state index in [0.717, 1.165) is 22.8 Å². The van der Waals surface area contributed by atoms with Crippen molar-refractivity contribution in [3.05, 3.63) is 76.2 Å². The summed E-state index contributed by atoms with van der Waals surface area (Å²) in [6.45, 7) is 2.11. The second-order valence-corrected chi connectivity index (χ2v) is 11.7. The number of anilines is 2. The van der Waals surface area contributed by atoms with E-state index in [2.05, 4.69) is 15.4 Å². The molecule has 1 aliphatic rings. The van der Waals surface area contributed by atoms with Crippen molar-refractivity contribution in [2.75, 3.05) is 30.3 Å². The minimum atomic E-state index is -3.87. The number of sulfonamides is 1. The molecule has 0 radical (unpaired) electrons. The molecule has 0 fully saturated rings. The first-order valence-electron chi connectivity index (χ1n) is 11.8. The maximum absolute atomic E-state index is 13.1. The van der Waals surface area contributed by atoms with Crippen LogP contribution in [0.25, 0.3) is 0 Å². The van der Waals surface area contributed by atoms with E-state index in [9.17, 15) is 27.6 Å². The summed E-state index contributed by atoms with van der Waals surface area (Å²) in [5, 5.41) is 5.04. The quantitative estimate of drug-likeness (QED) is 0.463. The molecule has 0 unspecified atom stereocenters. The number of para-hydroxylation sites is 1. The minimum Gasteiger partial charge on any atom is -0.453 e. The van der Waals surface area contributed by atoms with E-state index in [0.29, 0.717) is 29.1 Å². The fourth-order valence-electron chi connectivity index (χ4n) is 4.10. The topological polar surface area (TPSA) is 142 Å². The lowest BCUT2D eigenvalue weighted by Gasteiger charge is -2.25. The van der Waals surface area contributed by atoms with Gasteiger partial charge in [0.05, 0.1) is 29.8 Å². The Morgan fingerprint density at radius 3 is 2.28 bits per heavy atom. The first-order valence-corrected chi connectivity index (χ1v) is 14.0. The lowest BCUT2D eigenvalue weighted by molar-refractivity contribution is -0.129. The largest absolute Gasteiger partial charge is 0.453 e. The van der Waals surface area contributed by atoms with Crippen molar-refractivity contribution in [3.8, 4) is 0 Å². The molecule has 0 spiro atoms. The summed E-state index contributed by atoms with van der Waals surface area (Å²) in [4.78, 5) is 51.9. The number of ether oxygens (including phenoxy) is 1. The summed E-state index contributed by atoms with van der Waals surface area (Å²) >= 11 is 1.14. The van der Waals surface area contributed by atoms with Gasteiger partial charge in [0.15, 0.2) is 0 Å². The first-order chi connectivity index (χ1) is 18.5. The molecule has 11 nitrogen and oxygen atoms in total. The molecular weight excluding hydrogens is 544 g/mol. The summed E-state index contributed by atoms with van der Waals surface area (Å²) in [6, 6.07) is 14.0. The van der Waals surface area contributed by atoms with Crippen molar-refractivity contribution in [3.63, 3.8) is 0 Å². The van der Waals surface area contributed by atoms with Gasteiger partial charge in [0.25, 0.3) is 21.8 Å². The van der Waals surface area contributed by atoms with Gasteiger partial charge in [-0.3, -0.25) is 24.0 Å². The highest BCUT2D eigenvalue weighted by Gasteiger charge is 2.30. The minimum absolute atomic E-state index is 0.000500. The summed E-state index contributed by atoms with van der Waals surface area (Å²) in [6.07, 6.45) is -0.581. The van der Waals surface area contributed by atoms with E-state index in [-0.39, 0.29) is 33.5 Å². The summed E-state index contributed by atoms with van der Waals surface area (Å²) in [7, 11) is -1.30. The molecule has 0 saturated carbocycles. The van der Waals surface area contributed by atoms with Gasteiger partial charge in [0, 0.05) is 31.0 Å². The number of thiophene rings is 1. The van der Waals surface area contributed by atoms with Gasteiger partial charge in [-0.05, 0) is 48.4 Å². The zero-order chi connectivity index (χ0) is 28.3. The molecule has 39 heavy (non-hydrogen) atoms. The van der Waals surface area contributed by atoms with Gasteiger partial charge >= 0.3 is 6.09 Å². The van der Waals surface area contributed by atoms with Crippen molar-refractivity contribution in [2.45, 2.75) is 24.8 Å². The van der Waals surface area contributed by atoms with Crippen LogP contribution in [0.4, 0.5) is 15.5 Å². The number of nitrogens with one attached hydrogen (secondary N) is 2. The summed E-state index contributed by atoms with van der Waals surface area (Å²) in [5.74, 6) is -1.44. The SMILES string of the molecule is COC(=O)NC(=O)c1c(NC(=O)c2ccc(S(=O)(=O)N(C)c3ccccc3)cc2)sc2c1CCN(C(C)=O)C2. The number of fused-ring (bicyclic) bond motifs is 1. The van der Waals surface area contributed by atoms with E-state index >= 15 is 0 Å². The number of rotatable bonds is 6. The number of methoxy groups -OCH3 is 1. The lowest BCUT2D eigenvalue weighted by Crippen LogP contribution is -2.35. The van der Waals surface area contributed by atoms with Crippen molar-refractivity contribution < 1.29 is 32.3 Å². The van der Waals surface area contributed by atoms with Crippen molar-refractivity contribution in [1.29, 1.82) is 0 Å². The molecule has 0 bridgehead atoms. The predicted octanol–water partition coefficient (Wildman–Crippen LogP) is 3.23. The Labute approximate surface area is 229 Å². The molecule has 1 aliphatic heterocycles. The first kappa shape index (κ1) is 27.8. The zero-order valence-corrected chi connectivity index (χ0v) is 23.0. The number of amides is 4. The predicted molar refractivity (Wildman–Crippen MR) is 145 cm³/mol. The Hall–Kier alpha value is -4.23. The van der Waals surface area contributed by atoms with Crippen molar-refractivity contribution in [2.24, 2.45) is 0 Å². The van der Waals surface area contributed by atoms with E-state index in [1.165, 1.54) is 38.2 Å². The number of carbonyl (C=O) groups is 4. The molecular formula is C26H26N4O7S2. The standard InChI is InChI=1S/C26H26N4O7S2/c1-16(31)30-14-13-20-21(15-30)38-25(22(20)24(33)28-26(34)37-3)27-23(32)17-9-11-19(12-10-17)39(35,36)29(2)18-7-5-4-6-8-18/h4-12H,13-15H2,1-3H3,(H,27,32)(H,28,33,34). The molecule has 2 N–H and O–H groups in total. The Balaban J connectivity index is 1.59. The average molecular weight is 571 g/mol. The Morgan fingerprint density at radius 1 is 1.00 bits per heavy atom. The normalized spacial score (nSPS) is 12.7. The summed E-state index contributed by atoms with van der Waals surface area (Å²) in [5.41, 5.74) is 1.41. The van der Waals surface area contributed by atoms with Crippen LogP contribution in [-0.2, 0) is 32.5 Å². The maximum Gasteiger partial charge on any atom is 0.413 e. The van der Waals surface area contributed by atoms with E-state index in [1.54, 1.807) is 35.2 Å². The molecule has 2 heterocycles. The third-order valence-electron chi connectivity index (χ3n) is 6.25. The van der Waals surface area contributed by atoms with Crippen LogP contribution < -0.4 is 14.9 Å². The van der Waals surface area contributed by atoms with Gasteiger partial charge in [-0.2, -0.15) is 0 Å². The second-order valence-electron chi connectivity index (χ2n) is 8.63. The maximum atomic E-state index is 13.1. The number of hydrogen-bond acceptors (Lipinski definition) is 8. The molecule has 13 heteroatoms. The van der Waals surface area contributed by atoms with Crippen molar-refractivity contribution >= 4 is 55.9 Å². The van der Waals surface area contributed by atoms with Crippen LogP contribution in [0.5, 0.6) is 0 Å². The van der Waals surface area contributed by atoms with Crippen LogP contribution in [0.15, 0.2) is 59.5 Å². The van der Waals surface area contributed by atoms with Crippen LogP contribution in [0.1, 0.15) is 38.1 Å². The highest BCUT2D eigenvalue weighted by atomic mass is 32.2. The number of carbonyl (C=O) groups excluding carboxylic acids is 4. The fourth-order valence-corrected chi connectivity index (χ4v) is 6.55. The van der Waals surface area contributed by atoms with Crippen molar-refractivity contribution in [1.82, 2.24) is 10.2 Å². The van der Waals surface area contributed by atoms with Gasteiger partial charge in [0.2, 0.25) is 5.91 Å². The highest BCUT2D eigenvalue weighted by molar-refractivity contribution is 7.92. The number of imide groups is 1. The van der Waals surface area contributed by atoms with E-state index in [4.69, 9.17) is 0 Å². The summed E-state index contributed by atoms with van der Waals surface area (Å²) < 4.78 is 31.8. The molecule has 0 aliphatic carbocycles. The van der Waals surface area contributed by atoms with Crippen LogP contribution in [0.3, 0.4) is 0 Å². The van der Waals surface area contributed by atoms with Crippen LogP contribution in [-0.4, -0.2) is 57.8 Å². The van der Waals surface area contributed by atoms with Gasteiger partial charge in [-0.15, -0.1) is 11.3 Å². The lowest BCUT2D eigenvalue weighted by atomic mass is 10.0. The van der Waals surface area contributed by atoms with Crippen LogP contribution in [0, 0.1) is 0 Å². The number of nitrogens with zero attached hydrogens (tertiary/aromatic N) is 2. The monoisotopic (exact) mass is 570 g/mol. The molecule has 4 amide bonds. The average Bonchev–Trinajstić information content (AvgIpc) is 3.30. The Bertz CT molecular complexity index is 1530. The molecule has 1 aromatic heterocycles. The number of benzene rings is 2. The smallest absolute Gasteiger partial charge is 0.413 e. The molecule has 3 aromatic rings.